The van der Waals surface area contributed by atoms with Crippen LogP contribution in [0.2, 0.25) is 0 Å². The number of benzene rings is 1. The van der Waals surface area contributed by atoms with Crippen molar-refractivity contribution in [1.82, 2.24) is 9.97 Å². The van der Waals surface area contributed by atoms with E-state index in [1.165, 1.54) is 0 Å². The number of thioether (sulfide) groups is 1. The Bertz CT molecular complexity index is 577. The maximum atomic E-state index is 11.8. The molecule has 2 aromatic rings. The van der Waals surface area contributed by atoms with Gasteiger partial charge in [0.2, 0.25) is 0 Å². The predicted octanol–water partition coefficient (Wildman–Crippen LogP) is 2.09. The molecule has 4 heteroatoms. The van der Waals surface area contributed by atoms with Gasteiger partial charge in [0.1, 0.15) is 5.82 Å². The molecular weight excluding hydrogens is 220 g/mol. The molecule has 0 spiro atoms. The van der Waals surface area contributed by atoms with Crippen molar-refractivity contribution in [2.45, 2.75) is 11.3 Å². The third-order valence-electron chi connectivity index (χ3n) is 2.58. The number of nitrogens with zero attached hydrogens (tertiary/aromatic N) is 1. The molecule has 0 saturated carbocycles. The van der Waals surface area contributed by atoms with Crippen molar-refractivity contribution in [3.63, 3.8) is 0 Å². The molecule has 0 atom stereocenters. The molecule has 0 unspecified atom stereocenters. The number of fused-ring (bicyclic) bond motifs is 1. The van der Waals surface area contributed by atoms with E-state index in [1.54, 1.807) is 11.8 Å². The van der Waals surface area contributed by atoms with Gasteiger partial charge in [-0.25, -0.2) is 4.98 Å². The Balaban J connectivity index is 2.17. The molecule has 1 aliphatic heterocycles. The standard InChI is InChI=1S/C12H10N2OS/c15-12-10-9(6-7-16-10)13-11(14-12)8-4-2-1-3-5-8/h1-5H,6-7H2,(H,13,14,15). The third kappa shape index (κ3) is 1.55. The van der Waals surface area contributed by atoms with Crippen molar-refractivity contribution in [2.24, 2.45) is 0 Å². The topological polar surface area (TPSA) is 45.8 Å². The fourth-order valence-electron chi connectivity index (χ4n) is 1.81. The highest BCUT2D eigenvalue weighted by molar-refractivity contribution is 7.99. The summed E-state index contributed by atoms with van der Waals surface area (Å²) < 4.78 is 0. The summed E-state index contributed by atoms with van der Waals surface area (Å²) in [6.07, 6.45) is 0.893. The van der Waals surface area contributed by atoms with E-state index in [0.717, 1.165) is 28.3 Å². The number of aromatic amines is 1. The lowest BCUT2D eigenvalue weighted by Crippen LogP contribution is -2.12. The van der Waals surface area contributed by atoms with Crippen LogP contribution in [0.15, 0.2) is 40.0 Å². The van der Waals surface area contributed by atoms with E-state index in [1.807, 2.05) is 30.3 Å². The van der Waals surface area contributed by atoms with E-state index in [4.69, 9.17) is 0 Å². The Morgan fingerprint density at radius 2 is 2.06 bits per heavy atom. The first-order chi connectivity index (χ1) is 7.84. The monoisotopic (exact) mass is 230 g/mol. The number of nitrogens with one attached hydrogen (secondary N) is 1. The fraction of sp³-hybridized carbons (Fsp3) is 0.167. The molecule has 0 radical (unpaired) electrons. The van der Waals surface area contributed by atoms with Gasteiger partial charge in [-0.15, -0.1) is 11.8 Å². The maximum Gasteiger partial charge on any atom is 0.265 e. The van der Waals surface area contributed by atoms with E-state index in [0.29, 0.717) is 5.82 Å². The lowest BCUT2D eigenvalue weighted by molar-refractivity contribution is 0.954. The van der Waals surface area contributed by atoms with E-state index in [2.05, 4.69) is 9.97 Å². The SMILES string of the molecule is O=c1[nH]c(-c2ccccc2)nc2c1SCC2. The highest BCUT2D eigenvalue weighted by Crippen LogP contribution is 2.27. The second kappa shape index (κ2) is 3.79. The Morgan fingerprint density at radius 1 is 1.25 bits per heavy atom. The van der Waals surface area contributed by atoms with E-state index in [-0.39, 0.29) is 5.56 Å². The zero-order chi connectivity index (χ0) is 11.0. The second-order valence-corrected chi connectivity index (χ2v) is 4.76. The number of aryl methyl sites for hydroxylation is 1. The van der Waals surface area contributed by atoms with Gasteiger partial charge in [0.25, 0.3) is 5.56 Å². The number of H-pyrrole nitrogens is 1. The Kier molecular flexibility index (Phi) is 2.29. The molecule has 1 aromatic heterocycles. The van der Waals surface area contributed by atoms with E-state index >= 15 is 0 Å². The normalized spacial score (nSPS) is 13.8. The van der Waals surface area contributed by atoms with Crippen molar-refractivity contribution in [2.75, 3.05) is 5.75 Å². The summed E-state index contributed by atoms with van der Waals surface area (Å²) in [5.74, 6) is 1.63. The summed E-state index contributed by atoms with van der Waals surface area (Å²) >= 11 is 1.59. The molecular formula is C12H10N2OS. The van der Waals surface area contributed by atoms with Gasteiger partial charge in [0.05, 0.1) is 10.6 Å². The van der Waals surface area contributed by atoms with Gasteiger partial charge in [-0.2, -0.15) is 0 Å². The summed E-state index contributed by atoms with van der Waals surface area (Å²) in [4.78, 5) is 19.9. The van der Waals surface area contributed by atoms with Gasteiger partial charge >= 0.3 is 0 Å². The summed E-state index contributed by atoms with van der Waals surface area (Å²) in [6.45, 7) is 0. The van der Waals surface area contributed by atoms with Crippen molar-refractivity contribution in [1.29, 1.82) is 0 Å². The van der Waals surface area contributed by atoms with Gasteiger partial charge in [0.15, 0.2) is 0 Å². The predicted molar refractivity (Wildman–Crippen MR) is 64.7 cm³/mol. The van der Waals surface area contributed by atoms with Crippen LogP contribution in [0.25, 0.3) is 11.4 Å². The largest absolute Gasteiger partial charge is 0.306 e. The molecule has 16 heavy (non-hydrogen) atoms. The Morgan fingerprint density at radius 3 is 2.88 bits per heavy atom. The number of hydrogen-bond acceptors (Lipinski definition) is 3. The first-order valence-corrected chi connectivity index (χ1v) is 6.14. The molecule has 0 aliphatic carbocycles. The summed E-state index contributed by atoms with van der Waals surface area (Å²) in [5.41, 5.74) is 1.89. The smallest absolute Gasteiger partial charge is 0.265 e. The van der Waals surface area contributed by atoms with Crippen LogP contribution >= 0.6 is 11.8 Å². The molecule has 1 N–H and O–H groups in total. The van der Waals surface area contributed by atoms with Crippen LogP contribution in [0.4, 0.5) is 0 Å². The molecule has 0 fully saturated rings. The lowest BCUT2D eigenvalue weighted by Gasteiger charge is -2.02. The number of rotatable bonds is 1. The van der Waals surface area contributed by atoms with Crippen LogP contribution in [-0.2, 0) is 6.42 Å². The lowest BCUT2D eigenvalue weighted by atomic mass is 10.2. The first kappa shape index (κ1) is 9.66. The van der Waals surface area contributed by atoms with Crippen molar-refractivity contribution >= 4 is 11.8 Å². The molecule has 0 bridgehead atoms. The minimum Gasteiger partial charge on any atom is -0.306 e. The van der Waals surface area contributed by atoms with Gasteiger partial charge in [0, 0.05) is 17.7 Å². The molecule has 3 rings (SSSR count). The third-order valence-corrected chi connectivity index (χ3v) is 3.70. The quantitative estimate of drug-likeness (QED) is 0.816. The summed E-state index contributed by atoms with van der Waals surface area (Å²) in [7, 11) is 0. The molecule has 1 aromatic carbocycles. The number of aromatic nitrogens is 2. The fourth-order valence-corrected chi connectivity index (χ4v) is 2.81. The van der Waals surface area contributed by atoms with Crippen molar-refractivity contribution in [3.05, 3.63) is 46.4 Å². The van der Waals surface area contributed by atoms with E-state index < -0.39 is 0 Å². The zero-order valence-electron chi connectivity index (χ0n) is 8.56. The molecule has 0 saturated heterocycles. The summed E-state index contributed by atoms with van der Waals surface area (Å²) in [6, 6.07) is 9.74. The first-order valence-electron chi connectivity index (χ1n) is 5.16. The van der Waals surface area contributed by atoms with Crippen LogP contribution in [0.1, 0.15) is 5.69 Å². The summed E-state index contributed by atoms with van der Waals surface area (Å²) in [5, 5.41) is 0. The highest BCUT2D eigenvalue weighted by Gasteiger charge is 2.18. The van der Waals surface area contributed by atoms with Crippen LogP contribution < -0.4 is 5.56 Å². The van der Waals surface area contributed by atoms with Gasteiger partial charge < -0.3 is 4.98 Å². The van der Waals surface area contributed by atoms with Gasteiger partial charge in [-0.3, -0.25) is 4.79 Å². The highest BCUT2D eigenvalue weighted by atomic mass is 32.2. The molecule has 1 aliphatic rings. The van der Waals surface area contributed by atoms with Crippen LogP contribution in [0, 0.1) is 0 Å². The minimum atomic E-state index is -0.00801. The van der Waals surface area contributed by atoms with E-state index in [9.17, 15) is 4.79 Å². The molecule has 80 valence electrons. The number of hydrogen-bond donors (Lipinski definition) is 1. The van der Waals surface area contributed by atoms with Crippen molar-refractivity contribution in [3.8, 4) is 11.4 Å². The van der Waals surface area contributed by atoms with Gasteiger partial charge in [-0.1, -0.05) is 30.3 Å². The average molecular weight is 230 g/mol. The second-order valence-electron chi connectivity index (χ2n) is 3.65. The minimum absolute atomic E-state index is 0.00801. The zero-order valence-corrected chi connectivity index (χ0v) is 9.38. The molecule has 3 nitrogen and oxygen atoms in total. The van der Waals surface area contributed by atoms with Crippen LogP contribution in [0.5, 0.6) is 0 Å². The van der Waals surface area contributed by atoms with Crippen LogP contribution in [0.3, 0.4) is 0 Å². The van der Waals surface area contributed by atoms with Crippen LogP contribution in [-0.4, -0.2) is 15.7 Å². The Labute approximate surface area is 96.9 Å². The Hall–Kier alpha value is -1.55. The van der Waals surface area contributed by atoms with Gasteiger partial charge in [-0.05, 0) is 0 Å². The molecule has 0 amide bonds. The van der Waals surface area contributed by atoms with Crippen molar-refractivity contribution < 1.29 is 0 Å². The molecule has 2 heterocycles. The average Bonchev–Trinajstić information content (AvgIpc) is 2.79. The maximum absolute atomic E-state index is 11.8.